The van der Waals surface area contributed by atoms with E-state index in [0.717, 1.165) is 51.6 Å². The van der Waals surface area contributed by atoms with Crippen LogP contribution in [-0.4, -0.2) is 133 Å². The normalized spacial score (nSPS) is 17.0. The van der Waals surface area contributed by atoms with Crippen molar-refractivity contribution >= 4 is 91.9 Å². The number of anilines is 3. The summed E-state index contributed by atoms with van der Waals surface area (Å²) in [5.41, 5.74) is 7.81. The molecule has 5 aromatic rings. The first-order valence-corrected chi connectivity index (χ1v) is 24.7. The Balaban J connectivity index is 0.852. The van der Waals surface area contributed by atoms with Gasteiger partial charge in [0.2, 0.25) is 11.8 Å². The summed E-state index contributed by atoms with van der Waals surface area (Å²) in [6.45, 7) is 4.11. The van der Waals surface area contributed by atoms with Crippen LogP contribution >= 0.6 is 11.6 Å². The molecule has 0 aliphatic carbocycles. The van der Waals surface area contributed by atoms with E-state index in [1.165, 1.54) is 17.1 Å². The highest BCUT2D eigenvalue weighted by atomic mass is 35.5. The smallest absolute Gasteiger partial charge is 0.409 e. The van der Waals surface area contributed by atoms with Gasteiger partial charge < -0.3 is 40.0 Å². The number of imide groups is 1. The number of aromatic amines is 1. The molecule has 4 aliphatic heterocycles. The lowest BCUT2D eigenvalue weighted by atomic mass is 9.95. The Morgan fingerprint density at radius 2 is 1.56 bits per heavy atom. The fourth-order valence-corrected chi connectivity index (χ4v) is 10.2. The fourth-order valence-electron chi connectivity index (χ4n) is 9.96. The third-order valence-electron chi connectivity index (χ3n) is 13.8. The van der Waals surface area contributed by atoms with Gasteiger partial charge in [0.25, 0.3) is 23.6 Å². The molecule has 0 bridgehead atoms. The molecular formula is C52H57ClN10O8. The van der Waals surface area contributed by atoms with Crippen LogP contribution in [0, 0.1) is 0 Å². The number of H-pyrrole nitrogens is 1. The molecule has 18 nitrogen and oxygen atoms in total. The number of halogens is 1. The Morgan fingerprint density at radius 3 is 2.30 bits per heavy atom. The lowest BCUT2D eigenvalue weighted by Gasteiger charge is -2.31. The zero-order valence-corrected chi connectivity index (χ0v) is 40.3. The summed E-state index contributed by atoms with van der Waals surface area (Å²) in [6, 6.07) is 20.9. The Labute approximate surface area is 415 Å². The number of ether oxygens (including phenoxy) is 1. The van der Waals surface area contributed by atoms with Crippen molar-refractivity contribution in [2.75, 3.05) is 80.4 Å². The summed E-state index contributed by atoms with van der Waals surface area (Å²) < 4.78 is 6.08. The number of nitrogens with two attached hydrogens (primary N) is 1. The number of unbranched alkanes of at least 4 members (excludes halogenated alkanes) is 2. The standard InChI is InChI=1S/C52H57ClN10O8/c1-59-24-26-60(27-25-59)52(70)71-44-29-43-48(37-9-5-4-8-36(37)44)33(30-53)31-63(43)51(69)41-28-38-35-20-23-61(42(35)17-16-39(38)57-41)50(68)32-12-14-34(15-13-32)56-49(67)40(10-7-21-55-54)58-45(64)11-3-2-6-22-62-46(65)18-19-47(62)66/h4-5,8-9,12-19,28-29,33,40,55,57H,2-3,6-7,10-11,20-27,30-31,54H2,1H3,(H,56,67)(H,58,64)/t33-,40+/m1/s1. The van der Waals surface area contributed by atoms with Crippen molar-refractivity contribution in [1.29, 1.82) is 0 Å². The second kappa shape index (κ2) is 21.5. The van der Waals surface area contributed by atoms with Crippen LogP contribution in [0.2, 0.25) is 0 Å². The number of rotatable bonds is 17. The molecule has 6 N–H and O–H groups in total. The molecule has 1 aromatic heterocycles. The molecule has 0 saturated carbocycles. The molecule has 71 heavy (non-hydrogen) atoms. The van der Waals surface area contributed by atoms with Gasteiger partial charge in [0.15, 0.2) is 0 Å². The van der Waals surface area contributed by atoms with Crippen molar-refractivity contribution in [1.82, 2.24) is 30.4 Å². The predicted molar refractivity (Wildman–Crippen MR) is 271 cm³/mol. The van der Waals surface area contributed by atoms with Gasteiger partial charge in [0.1, 0.15) is 17.5 Å². The fraction of sp³-hybridized carbons (Fsp3) is 0.365. The topological polar surface area (TPSA) is 223 Å². The molecule has 1 fully saturated rings. The van der Waals surface area contributed by atoms with Crippen LogP contribution in [0.25, 0.3) is 21.7 Å². The largest absolute Gasteiger partial charge is 0.415 e. The predicted octanol–water partition coefficient (Wildman–Crippen LogP) is 5.41. The summed E-state index contributed by atoms with van der Waals surface area (Å²) in [5.74, 6) is 4.11. The molecule has 4 aliphatic rings. The van der Waals surface area contributed by atoms with E-state index >= 15 is 0 Å². The number of nitrogens with zero attached hydrogens (tertiary/aromatic N) is 5. The number of hydrogen-bond acceptors (Lipinski definition) is 11. The van der Waals surface area contributed by atoms with Gasteiger partial charge >= 0.3 is 6.09 Å². The molecule has 0 radical (unpaired) electrons. The number of nitrogens with one attached hydrogen (secondary N) is 4. The maximum absolute atomic E-state index is 14.6. The van der Waals surface area contributed by atoms with Crippen molar-refractivity contribution in [3.8, 4) is 5.75 Å². The van der Waals surface area contributed by atoms with Gasteiger partial charge in [-0.3, -0.25) is 44.9 Å². The SMILES string of the molecule is CN1CCN(C(=O)Oc2cc3c(c4ccccc24)[C@H](CCl)CN3C(=O)c2cc3c4c(ccc3[nH]2)N(C(=O)c2ccc(NC(=O)[C@H](CCCNN)NC(=O)CCCCCN3C(=O)C=CC3=O)cc2)CC4)CC1. The van der Waals surface area contributed by atoms with Crippen molar-refractivity contribution in [2.45, 2.75) is 56.9 Å². The van der Waals surface area contributed by atoms with E-state index in [9.17, 15) is 33.6 Å². The van der Waals surface area contributed by atoms with Gasteiger partial charge in [0.05, 0.1) is 5.69 Å². The number of alkyl halides is 1. The van der Waals surface area contributed by atoms with Crippen LogP contribution < -0.4 is 36.4 Å². The number of carbonyl (C=O) groups is 7. The first kappa shape index (κ1) is 48.9. The summed E-state index contributed by atoms with van der Waals surface area (Å²) >= 11 is 6.59. The minimum Gasteiger partial charge on any atom is -0.409 e. The lowest BCUT2D eigenvalue weighted by molar-refractivity contribution is -0.137. The van der Waals surface area contributed by atoms with Crippen LogP contribution in [0.3, 0.4) is 0 Å². The quantitative estimate of drug-likeness (QED) is 0.0261. The van der Waals surface area contributed by atoms with Gasteiger partial charge in [-0.1, -0.05) is 30.7 Å². The van der Waals surface area contributed by atoms with E-state index in [0.29, 0.717) is 99.6 Å². The Hall–Kier alpha value is -7.12. The first-order chi connectivity index (χ1) is 34.4. The molecule has 4 aromatic carbocycles. The monoisotopic (exact) mass is 984 g/mol. The van der Waals surface area contributed by atoms with Crippen LogP contribution in [0.15, 0.2) is 84.9 Å². The molecular weight excluding hydrogens is 928 g/mol. The molecule has 0 spiro atoms. The van der Waals surface area contributed by atoms with E-state index in [1.54, 1.807) is 45.0 Å². The van der Waals surface area contributed by atoms with Gasteiger partial charge in [-0.25, -0.2) is 4.79 Å². The summed E-state index contributed by atoms with van der Waals surface area (Å²) in [6.07, 6.45) is 5.36. The molecule has 1 saturated heterocycles. The highest BCUT2D eigenvalue weighted by molar-refractivity contribution is 6.20. The highest BCUT2D eigenvalue weighted by Gasteiger charge is 2.37. The van der Waals surface area contributed by atoms with Crippen LogP contribution in [0.5, 0.6) is 5.75 Å². The van der Waals surface area contributed by atoms with Crippen molar-refractivity contribution in [3.05, 3.63) is 107 Å². The molecule has 7 amide bonds. The Morgan fingerprint density at radius 1 is 0.817 bits per heavy atom. The Kier molecular flexibility index (Phi) is 14.8. The number of piperazine rings is 1. The number of fused-ring (bicyclic) bond motifs is 6. The number of likely N-dealkylation sites (N-methyl/N-ethyl adjacent to an activating group) is 1. The van der Waals surface area contributed by atoms with Gasteiger partial charge in [0, 0.05) is 122 Å². The van der Waals surface area contributed by atoms with Gasteiger partial charge in [-0.2, -0.15) is 0 Å². The van der Waals surface area contributed by atoms with Crippen molar-refractivity contribution < 1.29 is 38.3 Å². The maximum Gasteiger partial charge on any atom is 0.415 e. The minimum atomic E-state index is -0.837. The number of aromatic nitrogens is 1. The number of amides is 7. The highest BCUT2D eigenvalue weighted by Crippen LogP contribution is 2.46. The van der Waals surface area contributed by atoms with Crippen LogP contribution in [-0.2, 0) is 25.6 Å². The minimum absolute atomic E-state index is 0.156. The lowest BCUT2D eigenvalue weighted by Crippen LogP contribution is -2.48. The van der Waals surface area contributed by atoms with E-state index in [1.807, 2.05) is 49.5 Å². The molecule has 5 heterocycles. The summed E-state index contributed by atoms with van der Waals surface area (Å²) in [5, 5.41) is 8.18. The third kappa shape index (κ3) is 10.4. The Bertz CT molecular complexity index is 2910. The molecule has 19 heteroatoms. The van der Waals surface area contributed by atoms with Crippen molar-refractivity contribution in [2.24, 2.45) is 5.84 Å². The molecule has 370 valence electrons. The number of carbonyl (C=O) groups excluding carboxylic acids is 7. The number of hydrogen-bond donors (Lipinski definition) is 5. The molecule has 2 atom stereocenters. The van der Waals surface area contributed by atoms with E-state index < -0.39 is 18.0 Å². The van der Waals surface area contributed by atoms with Gasteiger partial charge in [-0.05, 0) is 98.1 Å². The second-order valence-corrected chi connectivity index (χ2v) is 18.8. The number of hydrazine groups is 1. The van der Waals surface area contributed by atoms with E-state index in [2.05, 4.69) is 25.9 Å². The second-order valence-electron chi connectivity index (χ2n) is 18.4. The van der Waals surface area contributed by atoms with Crippen LogP contribution in [0.1, 0.15) is 76.4 Å². The zero-order chi connectivity index (χ0) is 49.8. The summed E-state index contributed by atoms with van der Waals surface area (Å²) in [7, 11) is 2.02. The van der Waals surface area contributed by atoms with Crippen LogP contribution in [0.4, 0.5) is 21.9 Å². The summed E-state index contributed by atoms with van der Waals surface area (Å²) in [4.78, 5) is 104. The van der Waals surface area contributed by atoms with E-state index in [4.69, 9.17) is 22.2 Å². The van der Waals surface area contributed by atoms with Gasteiger partial charge in [-0.15, -0.1) is 11.6 Å². The zero-order valence-electron chi connectivity index (χ0n) is 39.5. The average molecular weight is 986 g/mol. The molecule has 9 rings (SSSR count). The maximum atomic E-state index is 14.6. The van der Waals surface area contributed by atoms with Crippen molar-refractivity contribution in [3.63, 3.8) is 0 Å². The third-order valence-corrected chi connectivity index (χ3v) is 14.2. The number of benzene rings is 4. The molecule has 0 unspecified atom stereocenters. The first-order valence-electron chi connectivity index (χ1n) is 24.1. The van der Waals surface area contributed by atoms with E-state index in [-0.39, 0.29) is 54.3 Å². The average Bonchev–Trinajstić information content (AvgIpc) is 4.18.